The first kappa shape index (κ1) is 17.9. The highest BCUT2D eigenvalue weighted by molar-refractivity contribution is 6.04. The summed E-state index contributed by atoms with van der Waals surface area (Å²) in [6.07, 6.45) is -0.553. The highest BCUT2D eigenvalue weighted by Crippen LogP contribution is 2.26. The lowest BCUT2D eigenvalue weighted by molar-refractivity contribution is -0.127. The predicted molar refractivity (Wildman–Crippen MR) is 95.5 cm³/mol. The van der Waals surface area contributed by atoms with Crippen molar-refractivity contribution in [3.63, 3.8) is 0 Å². The molecule has 2 fully saturated rings. The van der Waals surface area contributed by atoms with Gasteiger partial charge in [0.05, 0.1) is 19.8 Å². The van der Waals surface area contributed by atoms with Crippen molar-refractivity contribution in [3.8, 4) is 0 Å². The number of hydrogen-bond acceptors (Lipinski definition) is 6. The van der Waals surface area contributed by atoms with E-state index in [-0.39, 0.29) is 11.7 Å². The molecular weight excluding hydrogens is 353 g/mol. The Kier molecular flexibility index (Phi) is 4.79. The monoisotopic (exact) mass is 375 g/mol. The zero-order valence-electron chi connectivity index (χ0n) is 15.1. The molecule has 144 valence electrons. The van der Waals surface area contributed by atoms with Gasteiger partial charge in [0.1, 0.15) is 11.7 Å². The van der Waals surface area contributed by atoms with Gasteiger partial charge in [-0.15, -0.1) is 0 Å². The van der Waals surface area contributed by atoms with E-state index in [1.165, 1.54) is 17.0 Å². The van der Waals surface area contributed by atoms with E-state index in [1.54, 1.807) is 19.2 Å². The number of likely N-dealkylation sites (N-methyl/N-ethyl adjacent to an activating group) is 1. The second-order valence-corrected chi connectivity index (χ2v) is 6.95. The molecule has 3 aliphatic rings. The molecule has 0 bridgehead atoms. The molecule has 9 heteroatoms. The van der Waals surface area contributed by atoms with Crippen molar-refractivity contribution < 1.29 is 18.7 Å². The van der Waals surface area contributed by atoms with Gasteiger partial charge in [-0.3, -0.25) is 15.0 Å². The van der Waals surface area contributed by atoms with Crippen LogP contribution in [-0.4, -0.2) is 84.6 Å². The number of urea groups is 1. The average molecular weight is 375 g/mol. The average Bonchev–Trinajstić information content (AvgIpc) is 3.01. The Bertz CT molecular complexity index is 763. The van der Waals surface area contributed by atoms with Crippen molar-refractivity contribution in [2.75, 3.05) is 39.9 Å². The highest BCUT2D eigenvalue weighted by Gasteiger charge is 2.48. The Morgan fingerprint density at radius 1 is 1.19 bits per heavy atom. The van der Waals surface area contributed by atoms with Crippen LogP contribution < -0.4 is 5.32 Å². The van der Waals surface area contributed by atoms with Gasteiger partial charge in [0, 0.05) is 26.7 Å². The summed E-state index contributed by atoms with van der Waals surface area (Å²) in [7, 11) is 1.64. The van der Waals surface area contributed by atoms with E-state index in [2.05, 4.69) is 10.2 Å². The lowest BCUT2D eigenvalue weighted by Crippen LogP contribution is -2.63. The third-order valence-electron chi connectivity index (χ3n) is 5.18. The molecule has 1 aromatic rings. The summed E-state index contributed by atoms with van der Waals surface area (Å²) in [6.45, 7) is 3.90. The molecule has 4 rings (SSSR count). The maximum Gasteiger partial charge on any atom is 0.325 e. The molecule has 2 unspecified atom stereocenters. The van der Waals surface area contributed by atoms with Gasteiger partial charge >= 0.3 is 6.03 Å². The molecule has 8 nitrogen and oxygen atoms in total. The van der Waals surface area contributed by atoms with E-state index in [9.17, 15) is 14.0 Å². The standard InChI is InChI=1S/C18H22FN5O3/c1-22-16-15(17(25)21-18(22)26)24(10-12-2-4-13(19)5-3-12)14(20-16)11-23-6-8-27-9-7-23/h2-5,15-16H,6-11H2,1H3,(H,21,25,26). The van der Waals surface area contributed by atoms with Gasteiger partial charge in [-0.1, -0.05) is 12.1 Å². The minimum Gasteiger partial charge on any atom is -0.379 e. The van der Waals surface area contributed by atoms with Crippen molar-refractivity contribution >= 4 is 17.8 Å². The molecule has 2 atom stereocenters. The van der Waals surface area contributed by atoms with Crippen LogP contribution in [-0.2, 0) is 16.1 Å². The summed E-state index contributed by atoms with van der Waals surface area (Å²) < 4.78 is 18.6. The van der Waals surface area contributed by atoms with Crippen LogP contribution in [0.3, 0.4) is 0 Å². The first-order chi connectivity index (χ1) is 13.0. The van der Waals surface area contributed by atoms with E-state index < -0.39 is 18.2 Å². The summed E-state index contributed by atoms with van der Waals surface area (Å²) in [5.41, 5.74) is 0.874. The van der Waals surface area contributed by atoms with E-state index in [0.717, 1.165) is 24.5 Å². The molecule has 2 saturated heterocycles. The van der Waals surface area contributed by atoms with Gasteiger partial charge in [0.15, 0.2) is 12.2 Å². The Hall–Kier alpha value is -2.52. The molecule has 1 aromatic carbocycles. The van der Waals surface area contributed by atoms with Gasteiger partial charge < -0.3 is 14.5 Å². The molecule has 0 saturated carbocycles. The molecule has 27 heavy (non-hydrogen) atoms. The van der Waals surface area contributed by atoms with E-state index >= 15 is 0 Å². The largest absolute Gasteiger partial charge is 0.379 e. The summed E-state index contributed by atoms with van der Waals surface area (Å²) in [5, 5.41) is 2.39. The Morgan fingerprint density at radius 2 is 1.89 bits per heavy atom. The van der Waals surface area contributed by atoms with Crippen LogP contribution >= 0.6 is 0 Å². The third kappa shape index (κ3) is 3.52. The number of morpholine rings is 1. The number of hydrogen-bond donors (Lipinski definition) is 1. The number of halogens is 1. The second kappa shape index (κ2) is 7.24. The first-order valence-corrected chi connectivity index (χ1v) is 8.98. The molecule has 3 heterocycles. The lowest BCUT2D eigenvalue weighted by atomic mass is 10.1. The van der Waals surface area contributed by atoms with E-state index in [1.807, 2.05) is 4.90 Å². The number of nitrogens with zero attached hydrogens (tertiary/aromatic N) is 4. The fraction of sp³-hybridized carbons (Fsp3) is 0.500. The zero-order valence-corrected chi connectivity index (χ0v) is 15.1. The van der Waals surface area contributed by atoms with Crippen molar-refractivity contribution in [2.45, 2.75) is 18.8 Å². The van der Waals surface area contributed by atoms with Gasteiger partial charge in [0.25, 0.3) is 5.91 Å². The molecule has 0 spiro atoms. The number of amides is 3. The maximum absolute atomic E-state index is 13.2. The number of carbonyl (C=O) groups is 2. The number of nitrogens with one attached hydrogen (secondary N) is 1. The van der Waals surface area contributed by atoms with Crippen molar-refractivity contribution in [2.24, 2.45) is 4.99 Å². The topological polar surface area (TPSA) is 77.5 Å². The molecule has 0 aliphatic carbocycles. The van der Waals surface area contributed by atoms with Crippen LogP contribution in [0.2, 0.25) is 0 Å². The lowest BCUT2D eigenvalue weighted by Gasteiger charge is -2.37. The SMILES string of the molecule is CN1C(=O)NC(=O)C2C1N=C(CN1CCOCC1)N2Cc1ccc(F)cc1. The molecular formula is C18H22FN5O3. The van der Waals surface area contributed by atoms with Crippen LogP contribution in [0.5, 0.6) is 0 Å². The molecule has 1 N–H and O–H groups in total. The number of imide groups is 1. The number of rotatable bonds is 4. The minimum atomic E-state index is -0.589. The van der Waals surface area contributed by atoms with Crippen LogP contribution in [0, 0.1) is 5.82 Å². The maximum atomic E-state index is 13.2. The summed E-state index contributed by atoms with van der Waals surface area (Å²) in [5.74, 6) is 0.0971. The summed E-state index contributed by atoms with van der Waals surface area (Å²) in [4.78, 5) is 34.8. The Balaban J connectivity index is 1.61. The number of aliphatic imine (C=N–C) groups is 1. The molecule has 0 aromatic heterocycles. The Labute approximate surface area is 156 Å². The first-order valence-electron chi connectivity index (χ1n) is 8.98. The fourth-order valence-electron chi connectivity index (χ4n) is 3.65. The number of benzene rings is 1. The number of ether oxygens (including phenoxy) is 1. The van der Waals surface area contributed by atoms with Crippen LogP contribution in [0.1, 0.15) is 5.56 Å². The third-order valence-corrected chi connectivity index (χ3v) is 5.18. The van der Waals surface area contributed by atoms with Gasteiger partial charge in [-0.2, -0.15) is 0 Å². The number of amidine groups is 1. The smallest absolute Gasteiger partial charge is 0.325 e. The summed E-state index contributed by atoms with van der Waals surface area (Å²) >= 11 is 0. The van der Waals surface area contributed by atoms with Crippen molar-refractivity contribution in [1.82, 2.24) is 20.0 Å². The molecule has 3 amide bonds. The predicted octanol–water partition coefficient (Wildman–Crippen LogP) is 0.248. The number of fused-ring (bicyclic) bond motifs is 1. The molecule has 0 radical (unpaired) electrons. The summed E-state index contributed by atoms with van der Waals surface area (Å²) in [6, 6.07) is 5.17. The number of carbonyl (C=O) groups excluding carboxylic acids is 2. The minimum absolute atomic E-state index is 0.305. The van der Waals surface area contributed by atoms with Crippen LogP contribution in [0.4, 0.5) is 9.18 Å². The highest BCUT2D eigenvalue weighted by atomic mass is 19.1. The quantitative estimate of drug-likeness (QED) is 0.816. The van der Waals surface area contributed by atoms with Gasteiger partial charge in [-0.05, 0) is 17.7 Å². The van der Waals surface area contributed by atoms with Crippen LogP contribution in [0.25, 0.3) is 0 Å². The van der Waals surface area contributed by atoms with Crippen LogP contribution in [0.15, 0.2) is 29.3 Å². The van der Waals surface area contributed by atoms with E-state index in [0.29, 0.717) is 26.3 Å². The normalized spacial score (nSPS) is 26.1. The Morgan fingerprint density at radius 3 is 2.59 bits per heavy atom. The van der Waals surface area contributed by atoms with Gasteiger partial charge in [0.2, 0.25) is 0 Å². The van der Waals surface area contributed by atoms with Gasteiger partial charge in [-0.25, -0.2) is 14.2 Å². The van der Waals surface area contributed by atoms with Crippen molar-refractivity contribution in [3.05, 3.63) is 35.6 Å². The fourth-order valence-corrected chi connectivity index (χ4v) is 3.65. The van der Waals surface area contributed by atoms with Crippen molar-refractivity contribution in [1.29, 1.82) is 0 Å². The molecule has 3 aliphatic heterocycles. The second-order valence-electron chi connectivity index (χ2n) is 6.95. The zero-order chi connectivity index (χ0) is 19.0. The van der Waals surface area contributed by atoms with E-state index in [4.69, 9.17) is 9.73 Å².